The van der Waals surface area contributed by atoms with E-state index in [2.05, 4.69) is 22.9 Å². The molecule has 2 nitrogen and oxygen atoms in total. The molecule has 0 radical (unpaired) electrons. The third-order valence-electron chi connectivity index (χ3n) is 3.40. The predicted octanol–water partition coefficient (Wildman–Crippen LogP) is 3.46. The minimum atomic E-state index is -0.341. The molecule has 92 valence electrons. The summed E-state index contributed by atoms with van der Waals surface area (Å²) in [4.78, 5) is 14.0. The van der Waals surface area contributed by atoms with Crippen LogP contribution in [0.3, 0.4) is 0 Å². The van der Waals surface area contributed by atoms with E-state index in [1.807, 2.05) is 0 Å². The lowest BCUT2D eigenvalue weighted by molar-refractivity contribution is 0.0726. The number of halogens is 2. The third kappa shape index (κ3) is 2.68. The largest absolute Gasteiger partial charge is 0.339 e. The number of amides is 1. The fourth-order valence-electron chi connectivity index (χ4n) is 1.93. The average molecular weight is 300 g/mol. The van der Waals surface area contributed by atoms with Crippen molar-refractivity contribution in [2.75, 3.05) is 7.05 Å². The van der Waals surface area contributed by atoms with Gasteiger partial charge in [0.25, 0.3) is 5.91 Å². The van der Waals surface area contributed by atoms with E-state index in [1.165, 1.54) is 31.0 Å². The summed E-state index contributed by atoms with van der Waals surface area (Å²) in [5, 5.41) is 0. The summed E-state index contributed by atoms with van der Waals surface area (Å²) >= 11 is 3.23. The van der Waals surface area contributed by atoms with Crippen LogP contribution in [0.15, 0.2) is 22.7 Å². The number of benzene rings is 1. The van der Waals surface area contributed by atoms with E-state index in [1.54, 1.807) is 11.9 Å². The zero-order chi connectivity index (χ0) is 12.6. The molecule has 1 atom stereocenters. The maximum absolute atomic E-state index is 13.0. The maximum atomic E-state index is 13.0. The van der Waals surface area contributed by atoms with Crippen molar-refractivity contribution in [1.29, 1.82) is 0 Å². The summed E-state index contributed by atoms with van der Waals surface area (Å²) in [6, 6.07) is 4.41. The van der Waals surface area contributed by atoms with Gasteiger partial charge in [-0.25, -0.2) is 4.39 Å². The number of rotatable bonds is 3. The average Bonchev–Trinajstić information content (AvgIpc) is 3.10. The molecule has 0 N–H and O–H groups in total. The molecule has 1 aliphatic carbocycles. The molecular weight excluding hydrogens is 285 g/mol. The highest BCUT2D eigenvalue weighted by Crippen LogP contribution is 2.35. The minimum absolute atomic E-state index is 0.0590. The van der Waals surface area contributed by atoms with Crippen LogP contribution in [-0.4, -0.2) is 23.9 Å². The van der Waals surface area contributed by atoms with Crippen molar-refractivity contribution in [3.05, 3.63) is 34.1 Å². The summed E-state index contributed by atoms with van der Waals surface area (Å²) in [5.74, 6) is 0.228. The van der Waals surface area contributed by atoms with Crippen molar-refractivity contribution in [3.63, 3.8) is 0 Å². The Morgan fingerprint density at radius 1 is 1.53 bits per heavy atom. The normalized spacial score (nSPS) is 16.7. The number of hydrogen-bond acceptors (Lipinski definition) is 1. The first-order valence-corrected chi connectivity index (χ1v) is 6.52. The SMILES string of the molecule is CC(C1CC1)N(C)C(=O)c1ccc(F)cc1Br. The van der Waals surface area contributed by atoms with Crippen LogP contribution in [-0.2, 0) is 0 Å². The Bertz CT molecular complexity index is 445. The Labute approximate surface area is 109 Å². The Morgan fingerprint density at radius 2 is 2.18 bits per heavy atom. The van der Waals surface area contributed by atoms with Crippen molar-refractivity contribution >= 4 is 21.8 Å². The summed E-state index contributed by atoms with van der Waals surface area (Å²) in [6.45, 7) is 2.06. The lowest BCUT2D eigenvalue weighted by Crippen LogP contribution is -2.36. The third-order valence-corrected chi connectivity index (χ3v) is 4.05. The van der Waals surface area contributed by atoms with Gasteiger partial charge in [0.1, 0.15) is 5.82 Å². The van der Waals surface area contributed by atoms with E-state index in [-0.39, 0.29) is 17.8 Å². The van der Waals surface area contributed by atoms with Gasteiger partial charge < -0.3 is 4.90 Å². The van der Waals surface area contributed by atoms with E-state index in [9.17, 15) is 9.18 Å². The summed E-state index contributed by atoms with van der Waals surface area (Å²) in [6.07, 6.45) is 2.40. The van der Waals surface area contributed by atoms with Crippen LogP contribution in [0.5, 0.6) is 0 Å². The van der Waals surface area contributed by atoms with Crippen molar-refractivity contribution in [1.82, 2.24) is 4.90 Å². The first-order valence-electron chi connectivity index (χ1n) is 5.73. The van der Waals surface area contributed by atoms with Crippen molar-refractivity contribution in [3.8, 4) is 0 Å². The van der Waals surface area contributed by atoms with E-state index in [0.29, 0.717) is 16.0 Å². The molecule has 2 rings (SSSR count). The van der Waals surface area contributed by atoms with Crippen molar-refractivity contribution in [2.45, 2.75) is 25.8 Å². The van der Waals surface area contributed by atoms with E-state index in [4.69, 9.17) is 0 Å². The second-order valence-electron chi connectivity index (χ2n) is 4.62. The molecule has 1 aliphatic rings. The Kier molecular flexibility index (Phi) is 3.52. The molecule has 17 heavy (non-hydrogen) atoms. The van der Waals surface area contributed by atoms with Crippen molar-refractivity contribution in [2.24, 2.45) is 5.92 Å². The van der Waals surface area contributed by atoms with Gasteiger partial charge in [-0.3, -0.25) is 4.79 Å². The molecule has 0 saturated heterocycles. The Morgan fingerprint density at radius 3 is 2.71 bits per heavy atom. The van der Waals surface area contributed by atoms with Gasteiger partial charge in [-0.05, 0) is 59.8 Å². The number of carbonyl (C=O) groups is 1. The van der Waals surface area contributed by atoms with Crippen LogP contribution in [0.25, 0.3) is 0 Å². The number of nitrogens with zero attached hydrogens (tertiary/aromatic N) is 1. The molecule has 1 fully saturated rings. The monoisotopic (exact) mass is 299 g/mol. The lowest BCUT2D eigenvalue weighted by Gasteiger charge is -2.25. The summed E-state index contributed by atoms with van der Waals surface area (Å²) in [5.41, 5.74) is 0.515. The van der Waals surface area contributed by atoms with Gasteiger partial charge >= 0.3 is 0 Å². The van der Waals surface area contributed by atoms with Crippen LogP contribution >= 0.6 is 15.9 Å². The van der Waals surface area contributed by atoms with Gasteiger partial charge in [0.2, 0.25) is 0 Å². The molecule has 1 amide bonds. The van der Waals surface area contributed by atoms with Gasteiger partial charge in [0.15, 0.2) is 0 Å². The molecule has 1 saturated carbocycles. The number of hydrogen-bond donors (Lipinski definition) is 0. The quantitative estimate of drug-likeness (QED) is 0.837. The van der Waals surface area contributed by atoms with Gasteiger partial charge in [0.05, 0.1) is 5.56 Å². The van der Waals surface area contributed by atoms with Crippen LogP contribution < -0.4 is 0 Å². The lowest BCUT2D eigenvalue weighted by atomic mass is 10.1. The van der Waals surface area contributed by atoms with Crippen LogP contribution in [0, 0.1) is 11.7 Å². The molecule has 0 spiro atoms. The molecule has 1 aromatic rings. The molecule has 1 aromatic carbocycles. The fourth-order valence-corrected chi connectivity index (χ4v) is 2.45. The Balaban J connectivity index is 2.18. The zero-order valence-corrected chi connectivity index (χ0v) is 11.5. The zero-order valence-electron chi connectivity index (χ0n) is 9.91. The van der Waals surface area contributed by atoms with Crippen LogP contribution in [0.2, 0.25) is 0 Å². The maximum Gasteiger partial charge on any atom is 0.254 e. The molecule has 0 aliphatic heterocycles. The highest BCUT2D eigenvalue weighted by molar-refractivity contribution is 9.10. The molecule has 0 aromatic heterocycles. The van der Waals surface area contributed by atoms with Gasteiger partial charge in [-0.2, -0.15) is 0 Å². The molecular formula is C13H15BrFNO. The second kappa shape index (κ2) is 4.77. The Hall–Kier alpha value is -0.900. The molecule has 4 heteroatoms. The van der Waals surface area contributed by atoms with Gasteiger partial charge in [0, 0.05) is 17.6 Å². The summed E-state index contributed by atoms with van der Waals surface area (Å²) < 4.78 is 13.5. The molecule has 1 unspecified atom stereocenters. The predicted molar refractivity (Wildman–Crippen MR) is 68.4 cm³/mol. The van der Waals surface area contributed by atoms with E-state index >= 15 is 0 Å². The minimum Gasteiger partial charge on any atom is -0.339 e. The fraction of sp³-hybridized carbons (Fsp3) is 0.462. The highest BCUT2D eigenvalue weighted by Gasteiger charge is 2.33. The standard InChI is InChI=1S/C13H15BrFNO/c1-8(9-3-4-9)16(2)13(17)11-6-5-10(15)7-12(11)14/h5-9H,3-4H2,1-2H3. The molecule has 0 heterocycles. The van der Waals surface area contributed by atoms with Crippen molar-refractivity contribution < 1.29 is 9.18 Å². The van der Waals surface area contributed by atoms with E-state index in [0.717, 1.165) is 0 Å². The highest BCUT2D eigenvalue weighted by atomic mass is 79.9. The topological polar surface area (TPSA) is 20.3 Å². The first-order chi connectivity index (χ1) is 8.00. The van der Waals surface area contributed by atoms with Crippen LogP contribution in [0.4, 0.5) is 4.39 Å². The van der Waals surface area contributed by atoms with Gasteiger partial charge in [-0.1, -0.05) is 0 Å². The van der Waals surface area contributed by atoms with E-state index < -0.39 is 0 Å². The smallest absolute Gasteiger partial charge is 0.254 e. The number of carbonyl (C=O) groups excluding carboxylic acids is 1. The second-order valence-corrected chi connectivity index (χ2v) is 5.47. The molecule has 0 bridgehead atoms. The first kappa shape index (κ1) is 12.6. The van der Waals surface area contributed by atoms with Gasteiger partial charge in [-0.15, -0.1) is 0 Å². The summed E-state index contributed by atoms with van der Waals surface area (Å²) in [7, 11) is 1.81. The van der Waals surface area contributed by atoms with Crippen LogP contribution in [0.1, 0.15) is 30.1 Å².